The van der Waals surface area contributed by atoms with Gasteiger partial charge in [-0.15, -0.1) is 0 Å². The second-order valence-corrected chi connectivity index (χ2v) is 7.20. The molecule has 1 heterocycles. The van der Waals surface area contributed by atoms with E-state index in [2.05, 4.69) is 0 Å². The van der Waals surface area contributed by atoms with Crippen LogP contribution in [0.3, 0.4) is 0 Å². The maximum Gasteiger partial charge on any atom is 0.307 e. The number of carboxylic acids is 1. The number of halogens is 1. The molecule has 6 nitrogen and oxygen atoms in total. The number of nitrogens with zero attached hydrogens (tertiary/aromatic N) is 2. The Morgan fingerprint density at radius 1 is 1.14 bits per heavy atom. The molecule has 0 aliphatic rings. The number of hydrogen-bond acceptors (Lipinski definition) is 4. The molecule has 0 aliphatic heterocycles. The van der Waals surface area contributed by atoms with Crippen molar-refractivity contribution >= 4 is 34.4 Å². The quantitative estimate of drug-likeness (QED) is 0.683. The average Bonchev–Trinajstić information content (AvgIpc) is 2.93. The molecule has 0 amide bonds. The van der Waals surface area contributed by atoms with Crippen LogP contribution in [0.5, 0.6) is 5.75 Å². The number of methoxy groups -OCH3 is 1. The lowest BCUT2D eigenvalue weighted by atomic mass is 10.1. The maximum atomic E-state index is 13.4. The molecule has 0 bridgehead atoms. The Morgan fingerprint density at radius 3 is 2.39 bits per heavy atom. The van der Waals surface area contributed by atoms with Crippen LogP contribution in [0.25, 0.3) is 10.9 Å². The molecule has 0 fully saturated rings. The summed E-state index contributed by atoms with van der Waals surface area (Å²) >= 11 is 5.95. The summed E-state index contributed by atoms with van der Waals surface area (Å²) in [6, 6.07) is 12.0. The number of carboxylic acid groups (broad SMARTS) is 1. The topological polar surface area (TPSA) is 71.8 Å². The average molecular weight is 401 g/mol. The smallest absolute Gasteiger partial charge is 0.307 e. The Bertz CT molecular complexity index is 1040. The fourth-order valence-electron chi connectivity index (χ4n) is 3.28. The van der Waals surface area contributed by atoms with Gasteiger partial charge < -0.3 is 14.7 Å². The van der Waals surface area contributed by atoms with Gasteiger partial charge in [0.25, 0.3) is 5.91 Å². The highest BCUT2D eigenvalue weighted by molar-refractivity contribution is 6.30. The number of carbonyl (C=O) groups excluding carboxylic acids is 1. The number of carbonyl (C=O) groups is 2. The molecule has 0 unspecified atom stereocenters. The summed E-state index contributed by atoms with van der Waals surface area (Å²) in [6.07, 6.45) is -0.187. The molecule has 0 saturated carbocycles. The van der Waals surface area contributed by atoms with Crippen LogP contribution in [0.4, 0.5) is 0 Å². The van der Waals surface area contributed by atoms with Gasteiger partial charge in [-0.2, -0.15) is 0 Å². The third-order valence-electron chi connectivity index (χ3n) is 4.48. The van der Waals surface area contributed by atoms with Gasteiger partial charge in [0, 0.05) is 28.2 Å². The van der Waals surface area contributed by atoms with E-state index >= 15 is 0 Å². The summed E-state index contributed by atoms with van der Waals surface area (Å²) in [6.45, 7) is 0.416. The molecule has 3 rings (SSSR count). The third-order valence-corrected chi connectivity index (χ3v) is 4.73. The van der Waals surface area contributed by atoms with Crippen LogP contribution in [0.1, 0.15) is 21.6 Å². The van der Waals surface area contributed by atoms with E-state index in [-0.39, 0.29) is 12.3 Å². The van der Waals surface area contributed by atoms with Gasteiger partial charge in [0.15, 0.2) is 0 Å². The molecule has 0 aliphatic carbocycles. The van der Waals surface area contributed by atoms with Crippen LogP contribution in [0.2, 0.25) is 5.02 Å². The van der Waals surface area contributed by atoms with Crippen LogP contribution in [0, 0.1) is 0 Å². The molecule has 0 radical (unpaired) electrons. The van der Waals surface area contributed by atoms with Crippen molar-refractivity contribution in [1.82, 2.24) is 9.47 Å². The van der Waals surface area contributed by atoms with Crippen molar-refractivity contribution in [3.63, 3.8) is 0 Å². The summed E-state index contributed by atoms with van der Waals surface area (Å²) < 4.78 is 6.90. The Labute approximate surface area is 167 Å². The van der Waals surface area contributed by atoms with Gasteiger partial charge in [-0.1, -0.05) is 11.6 Å². The van der Waals surface area contributed by atoms with Crippen molar-refractivity contribution in [2.75, 3.05) is 21.2 Å². The lowest BCUT2D eigenvalue weighted by molar-refractivity contribution is -0.136. The number of benzene rings is 2. The van der Waals surface area contributed by atoms with E-state index in [9.17, 15) is 14.7 Å². The lowest BCUT2D eigenvalue weighted by Crippen LogP contribution is -2.21. The zero-order valence-electron chi connectivity index (χ0n) is 15.9. The summed E-state index contributed by atoms with van der Waals surface area (Å²) in [5.41, 5.74) is 2.38. The molecular formula is C21H21ClN2O4. The van der Waals surface area contributed by atoms with Gasteiger partial charge in [-0.05, 0) is 62.1 Å². The van der Waals surface area contributed by atoms with Crippen molar-refractivity contribution in [3.05, 3.63) is 64.3 Å². The first-order valence-electron chi connectivity index (χ1n) is 8.68. The SMILES string of the molecule is COc1ccc2c(c1)c(CC(=O)O)c(CN(C)C)n2C(=O)c1ccc(Cl)cc1. The van der Waals surface area contributed by atoms with Crippen molar-refractivity contribution in [2.24, 2.45) is 0 Å². The lowest BCUT2D eigenvalue weighted by Gasteiger charge is -2.15. The fraction of sp³-hybridized carbons (Fsp3) is 0.238. The Kier molecular flexibility index (Phi) is 5.72. The first kappa shape index (κ1) is 19.9. The highest BCUT2D eigenvalue weighted by Gasteiger charge is 2.24. The normalized spacial score (nSPS) is 11.2. The predicted octanol–water partition coefficient (Wildman–Crippen LogP) is 3.68. The van der Waals surface area contributed by atoms with Gasteiger partial charge in [-0.3, -0.25) is 14.2 Å². The highest BCUT2D eigenvalue weighted by atomic mass is 35.5. The number of hydrogen-bond donors (Lipinski definition) is 1. The van der Waals surface area contributed by atoms with Crippen LogP contribution < -0.4 is 4.74 Å². The van der Waals surface area contributed by atoms with Crippen LogP contribution in [-0.2, 0) is 17.8 Å². The summed E-state index contributed by atoms with van der Waals surface area (Å²) in [7, 11) is 5.30. The Morgan fingerprint density at radius 2 is 1.82 bits per heavy atom. The monoisotopic (exact) mass is 400 g/mol. The zero-order valence-corrected chi connectivity index (χ0v) is 16.7. The molecule has 1 N–H and O–H groups in total. The molecule has 2 aromatic carbocycles. The van der Waals surface area contributed by atoms with Gasteiger partial charge in [0.05, 0.1) is 19.0 Å². The predicted molar refractivity (Wildman–Crippen MR) is 108 cm³/mol. The first-order valence-corrected chi connectivity index (χ1v) is 9.06. The number of aliphatic carboxylic acids is 1. The molecule has 28 heavy (non-hydrogen) atoms. The molecule has 7 heteroatoms. The standard InChI is InChI=1S/C21H21ClN2O4/c1-23(2)12-19-17(11-20(25)26)16-10-15(28-3)8-9-18(16)24(19)21(27)13-4-6-14(22)7-5-13/h4-10H,11-12H2,1-3H3,(H,25,26). The number of rotatable bonds is 6. The van der Waals surface area contributed by atoms with Crippen molar-refractivity contribution in [1.29, 1.82) is 0 Å². The molecular weight excluding hydrogens is 380 g/mol. The van der Waals surface area contributed by atoms with Crippen LogP contribution in [-0.4, -0.2) is 47.7 Å². The molecule has 0 spiro atoms. The van der Waals surface area contributed by atoms with Gasteiger partial charge in [0.1, 0.15) is 5.75 Å². The van der Waals surface area contributed by atoms with Crippen molar-refractivity contribution in [2.45, 2.75) is 13.0 Å². The van der Waals surface area contributed by atoms with Gasteiger partial charge >= 0.3 is 5.97 Å². The van der Waals surface area contributed by atoms with Gasteiger partial charge in [0.2, 0.25) is 0 Å². The number of aromatic nitrogens is 1. The molecule has 146 valence electrons. The molecule has 1 aromatic heterocycles. The number of fused-ring (bicyclic) bond motifs is 1. The molecule has 3 aromatic rings. The van der Waals surface area contributed by atoms with E-state index in [1.54, 1.807) is 54.1 Å². The summed E-state index contributed by atoms with van der Waals surface area (Å²) in [4.78, 5) is 26.8. The van der Waals surface area contributed by atoms with E-state index in [0.29, 0.717) is 45.0 Å². The highest BCUT2D eigenvalue weighted by Crippen LogP contribution is 2.32. The Hall–Kier alpha value is -2.83. The van der Waals surface area contributed by atoms with Crippen LogP contribution in [0.15, 0.2) is 42.5 Å². The summed E-state index contributed by atoms with van der Waals surface area (Å²) in [5, 5.41) is 10.7. The van der Waals surface area contributed by atoms with Crippen LogP contribution >= 0.6 is 11.6 Å². The Balaban J connectivity index is 2.30. The van der Waals surface area contributed by atoms with E-state index in [4.69, 9.17) is 16.3 Å². The maximum absolute atomic E-state index is 13.4. The third kappa shape index (κ3) is 3.88. The van der Waals surface area contributed by atoms with Crippen molar-refractivity contribution < 1.29 is 19.4 Å². The first-order chi connectivity index (χ1) is 13.3. The van der Waals surface area contributed by atoms with E-state index in [1.165, 1.54) is 0 Å². The van der Waals surface area contributed by atoms with Gasteiger partial charge in [-0.25, -0.2) is 0 Å². The minimum absolute atomic E-state index is 0.187. The second kappa shape index (κ2) is 8.04. The van der Waals surface area contributed by atoms with E-state index in [0.717, 1.165) is 0 Å². The zero-order chi connectivity index (χ0) is 20.4. The van der Waals surface area contributed by atoms with E-state index in [1.807, 2.05) is 19.0 Å². The number of ether oxygens (including phenoxy) is 1. The molecule has 0 saturated heterocycles. The van der Waals surface area contributed by atoms with E-state index < -0.39 is 5.97 Å². The largest absolute Gasteiger partial charge is 0.497 e. The second-order valence-electron chi connectivity index (χ2n) is 6.76. The van der Waals surface area contributed by atoms with Crippen molar-refractivity contribution in [3.8, 4) is 5.75 Å². The minimum Gasteiger partial charge on any atom is -0.497 e. The summed E-state index contributed by atoms with van der Waals surface area (Å²) in [5.74, 6) is -0.590. The fourth-order valence-corrected chi connectivity index (χ4v) is 3.41. The molecule has 0 atom stereocenters. The minimum atomic E-state index is -0.958.